The average molecular weight is 340 g/mol. The lowest BCUT2D eigenvalue weighted by atomic mass is 10.1. The van der Waals surface area contributed by atoms with Crippen molar-refractivity contribution in [3.8, 4) is 0 Å². The van der Waals surface area contributed by atoms with Crippen molar-refractivity contribution >= 4 is 11.7 Å². The number of aryl methyl sites for hydroxylation is 1. The standard InChI is InChI=1S/C16H19F3N4O/c1-11(10-23-8-7-20-12(23)2)9-21-15(24)22-14-6-4-3-5-13(14)16(17,18)19/h3-8,11H,9-10H2,1-2H3,(H2,21,22,24)/t11-/m1/s1. The molecule has 2 aromatic rings. The highest BCUT2D eigenvalue weighted by Gasteiger charge is 2.33. The van der Waals surface area contributed by atoms with E-state index < -0.39 is 17.8 Å². The monoisotopic (exact) mass is 340 g/mol. The van der Waals surface area contributed by atoms with Gasteiger partial charge in [-0.25, -0.2) is 9.78 Å². The molecule has 2 rings (SSSR count). The number of alkyl halides is 3. The van der Waals surface area contributed by atoms with E-state index in [9.17, 15) is 18.0 Å². The van der Waals surface area contributed by atoms with Gasteiger partial charge in [-0.3, -0.25) is 0 Å². The molecule has 2 amide bonds. The van der Waals surface area contributed by atoms with Crippen LogP contribution in [0.5, 0.6) is 0 Å². The zero-order valence-corrected chi connectivity index (χ0v) is 13.4. The van der Waals surface area contributed by atoms with Crippen LogP contribution in [0.15, 0.2) is 36.7 Å². The molecule has 1 heterocycles. The molecule has 0 saturated carbocycles. The van der Waals surface area contributed by atoms with Gasteiger partial charge in [0, 0.05) is 25.5 Å². The molecule has 0 spiro atoms. The first-order valence-corrected chi connectivity index (χ1v) is 7.46. The van der Waals surface area contributed by atoms with Gasteiger partial charge in [0.15, 0.2) is 0 Å². The molecule has 0 aliphatic heterocycles. The number of amides is 2. The van der Waals surface area contributed by atoms with Gasteiger partial charge in [-0.2, -0.15) is 13.2 Å². The molecule has 130 valence electrons. The summed E-state index contributed by atoms with van der Waals surface area (Å²) in [4.78, 5) is 16.0. The molecule has 8 heteroatoms. The van der Waals surface area contributed by atoms with Crippen LogP contribution in [0.4, 0.5) is 23.7 Å². The van der Waals surface area contributed by atoms with E-state index in [0.717, 1.165) is 11.9 Å². The number of nitrogens with zero attached hydrogens (tertiary/aromatic N) is 2. The normalized spacial score (nSPS) is 12.7. The highest BCUT2D eigenvalue weighted by molar-refractivity contribution is 5.90. The Hall–Kier alpha value is -2.51. The molecule has 0 aliphatic carbocycles. The quantitative estimate of drug-likeness (QED) is 0.872. The third-order valence-corrected chi connectivity index (χ3v) is 3.52. The van der Waals surface area contributed by atoms with Crippen molar-refractivity contribution in [1.29, 1.82) is 0 Å². The van der Waals surface area contributed by atoms with Gasteiger partial charge < -0.3 is 15.2 Å². The number of benzene rings is 1. The summed E-state index contributed by atoms with van der Waals surface area (Å²) >= 11 is 0. The Morgan fingerprint density at radius 2 is 2.04 bits per heavy atom. The van der Waals surface area contributed by atoms with E-state index in [2.05, 4.69) is 15.6 Å². The van der Waals surface area contributed by atoms with E-state index in [0.29, 0.717) is 13.1 Å². The number of aromatic nitrogens is 2. The van der Waals surface area contributed by atoms with Crippen molar-refractivity contribution in [3.63, 3.8) is 0 Å². The minimum atomic E-state index is -4.52. The lowest BCUT2D eigenvalue weighted by molar-refractivity contribution is -0.136. The Morgan fingerprint density at radius 1 is 1.33 bits per heavy atom. The number of imidazole rings is 1. The highest BCUT2D eigenvalue weighted by atomic mass is 19.4. The maximum absolute atomic E-state index is 12.9. The molecule has 0 saturated heterocycles. The van der Waals surface area contributed by atoms with Gasteiger partial charge in [-0.15, -0.1) is 0 Å². The predicted molar refractivity (Wildman–Crippen MR) is 84.6 cm³/mol. The number of nitrogens with one attached hydrogen (secondary N) is 2. The van der Waals surface area contributed by atoms with Crippen molar-refractivity contribution in [1.82, 2.24) is 14.9 Å². The fourth-order valence-corrected chi connectivity index (χ4v) is 2.27. The molecule has 0 bridgehead atoms. The first-order valence-electron chi connectivity index (χ1n) is 7.46. The van der Waals surface area contributed by atoms with Crippen LogP contribution in [0.1, 0.15) is 18.3 Å². The van der Waals surface area contributed by atoms with Gasteiger partial charge in [0.1, 0.15) is 5.82 Å². The van der Waals surface area contributed by atoms with Gasteiger partial charge in [-0.1, -0.05) is 19.1 Å². The largest absolute Gasteiger partial charge is 0.418 e. The Labute approximate surface area is 137 Å². The number of hydrogen-bond acceptors (Lipinski definition) is 2. The minimum Gasteiger partial charge on any atom is -0.338 e. The molecule has 0 aliphatic rings. The first-order chi connectivity index (χ1) is 11.3. The van der Waals surface area contributed by atoms with Crippen LogP contribution < -0.4 is 10.6 Å². The van der Waals surface area contributed by atoms with Gasteiger partial charge in [0.05, 0.1) is 11.3 Å². The molecule has 2 N–H and O–H groups in total. The number of rotatable bonds is 5. The Balaban J connectivity index is 1.89. The number of urea groups is 1. The zero-order valence-electron chi connectivity index (χ0n) is 13.4. The van der Waals surface area contributed by atoms with Crippen LogP contribution in [0, 0.1) is 12.8 Å². The van der Waals surface area contributed by atoms with Crippen molar-refractivity contribution in [2.45, 2.75) is 26.6 Å². The highest BCUT2D eigenvalue weighted by Crippen LogP contribution is 2.34. The summed E-state index contributed by atoms with van der Waals surface area (Å²) in [7, 11) is 0. The number of hydrogen-bond donors (Lipinski definition) is 2. The number of para-hydroxylation sites is 1. The minimum absolute atomic E-state index is 0.0986. The zero-order chi connectivity index (χ0) is 17.7. The van der Waals surface area contributed by atoms with Gasteiger partial charge >= 0.3 is 12.2 Å². The van der Waals surface area contributed by atoms with Crippen LogP contribution in [0.2, 0.25) is 0 Å². The SMILES string of the molecule is Cc1nccn1C[C@H](C)CNC(=O)Nc1ccccc1C(F)(F)F. The summed E-state index contributed by atoms with van der Waals surface area (Å²) in [6, 6.07) is 4.21. The van der Waals surface area contributed by atoms with Gasteiger partial charge in [0.25, 0.3) is 0 Å². The second-order valence-corrected chi connectivity index (χ2v) is 5.61. The Kier molecular flexibility index (Phi) is 5.48. The van der Waals surface area contributed by atoms with Crippen LogP contribution in [0.3, 0.4) is 0 Å². The maximum Gasteiger partial charge on any atom is 0.418 e. The van der Waals surface area contributed by atoms with Gasteiger partial charge in [-0.05, 0) is 25.0 Å². The smallest absolute Gasteiger partial charge is 0.338 e. The van der Waals surface area contributed by atoms with E-state index in [1.54, 1.807) is 6.20 Å². The summed E-state index contributed by atoms with van der Waals surface area (Å²) in [5, 5.41) is 4.84. The maximum atomic E-state index is 12.9. The second kappa shape index (κ2) is 7.37. The number of anilines is 1. The molecular formula is C16H19F3N4O. The Bertz CT molecular complexity index is 697. The van der Waals surface area contributed by atoms with Crippen LogP contribution in [-0.2, 0) is 12.7 Å². The molecule has 24 heavy (non-hydrogen) atoms. The summed E-state index contributed by atoms with van der Waals surface area (Å²) < 4.78 is 40.6. The Morgan fingerprint density at radius 3 is 2.67 bits per heavy atom. The van der Waals surface area contributed by atoms with E-state index >= 15 is 0 Å². The summed E-state index contributed by atoms with van der Waals surface area (Å²) in [6.07, 6.45) is -0.988. The van der Waals surface area contributed by atoms with Crippen molar-refractivity contribution < 1.29 is 18.0 Å². The van der Waals surface area contributed by atoms with Crippen LogP contribution in [-0.4, -0.2) is 22.1 Å². The molecule has 1 atom stereocenters. The molecule has 1 aromatic carbocycles. The first kappa shape index (κ1) is 17.8. The number of carbonyl (C=O) groups is 1. The van der Waals surface area contributed by atoms with E-state index in [-0.39, 0.29) is 11.6 Å². The molecule has 5 nitrogen and oxygen atoms in total. The predicted octanol–water partition coefficient (Wildman–Crippen LogP) is 3.67. The van der Waals surface area contributed by atoms with Crippen LogP contribution in [0.25, 0.3) is 0 Å². The number of carbonyl (C=O) groups excluding carboxylic acids is 1. The lowest BCUT2D eigenvalue weighted by Gasteiger charge is -2.16. The number of halogens is 3. The topological polar surface area (TPSA) is 59.0 Å². The molecular weight excluding hydrogens is 321 g/mol. The summed E-state index contributed by atoms with van der Waals surface area (Å²) in [5.74, 6) is 0.965. The van der Waals surface area contributed by atoms with Crippen molar-refractivity contribution in [2.24, 2.45) is 5.92 Å². The van der Waals surface area contributed by atoms with Gasteiger partial charge in [0.2, 0.25) is 0 Å². The summed E-state index contributed by atoms with van der Waals surface area (Å²) in [5.41, 5.74) is -1.14. The fraction of sp³-hybridized carbons (Fsp3) is 0.375. The fourth-order valence-electron chi connectivity index (χ4n) is 2.27. The van der Waals surface area contributed by atoms with Crippen molar-refractivity contribution in [3.05, 3.63) is 48.0 Å². The third-order valence-electron chi connectivity index (χ3n) is 3.52. The second-order valence-electron chi connectivity index (χ2n) is 5.61. The summed E-state index contributed by atoms with van der Waals surface area (Å²) in [6.45, 7) is 4.80. The molecule has 0 unspecified atom stereocenters. The van der Waals surface area contributed by atoms with Crippen molar-refractivity contribution in [2.75, 3.05) is 11.9 Å². The third kappa shape index (κ3) is 4.74. The average Bonchev–Trinajstić information content (AvgIpc) is 2.90. The van der Waals surface area contributed by atoms with Crippen LogP contribution >= 0.6 is 0 Å². The molecule has 1 aromatic heterocycles. The lowest BCUT2D eigenvalue weighted by Crippen LogP contribution is -2.34. The molecule has 0 radical (unpaired) electrons. The van der Waals surface area contributed by atoms with E-state index in [1.165, 1.54) is 18.2 Å². The molecule has 0 fully saturated rings. The van der Waals surface area contributed by atoms with E-state index in [4.69, 9.17) is 0 Å². The van der Waals surface area contributed by atoms with E-state index in [1.807, 2.05) is 24.6 Å².